The molecule has 5 nitrogen and oxygen atoms in total. The van der Waals surface area contributed by atoms with Gasteiger partial charge in [-0.3, -0.25) is 9.13 Å². The van der Waals surface area contributed by atoms with Crippen LogP contribution in [0.2, 0.25) is 0 Å². The number of fused-ring (bicyclic) bond motifs is 2. The van der Waals surface area contributed by atoms with Gasteiger partial charge in [0.2, 0.25) is 0 Å². The monoisotopic (exact) mass is 308 g/mol. The summed E-state index contributed by atoms with van der Waals surface area (Å²) < 4.78 is 3.35. The lowest BCUT2D eigenvalue weighted by atomic mass is 10.1. The molecule has 1 aromatic heterocycles. The number of likely N-dealkylation sites (N-methyl/N-ethyl adjacent to an activating group) is 1. The van der Waals surface area contributed by atoms with Crippen LogP contribution in [0.3, 0.4) is 0 Å². The predicted molar refractivity (Wildman–Crippen MR) is 94.9 cm³/mol. The average Bonchev–Trinajstić information content (AvgIpc) is 3.02. The van der Waals surface area contributed by atoms with Gasteiger partial charge in [0, 0.05) is 44.7 Å². The van der Waals surface area contributed by atoms with Gasteiger partial charge in [0.25, 0.3) is 0 Å². The molecule has 0 fully saturated rings. The van der Waals surface area contributed by atoms with E-state index < -0.39 is 0 Å². The van der Waals surface area contributed by atoms with Crippen molar-refractivity contribution in [3.63, 3.8) is 0 Å². The van der Waals surface area contributed by atoms with Gasteiger partial charge < -0.3 is 10.2 Å². The SMILES string of the molecule is CN1CCc2cc(Nc3ccc4c(c3)n(C)c(=O)n4C)ccc21. The molecule has 0 atom stereocenters. The Balaban J connectivity index is 1.71. The minimum atomic E-state index is -0.00211. The molecule has 0 bridgehead atoms. The molecule has 0 amide bonds. The minimum Gasteiger partial charge on any atom is -0.374 e. The van der Waals surface area contributed by atoms with Crippen LogP contribution in [0.5, 0.6) is 0 Å². The summed E-state index contributed by atoms with van der Waals surface area (Å²) in [5.74, 6) is 0. The highest BCUT2D eigenvalue weighted by molar-refractivity contribution is 5.81. The fraction of sp³-hybridized carbons (Fsp3) is 0.278. The number of nitrogens with one attached hydrogen (secondary N) is 1. The molecule has 0 unspecified atom stereocenters. The average molecular weight is 308 g/mol. The molecule has 0 radical (unpaired) electrons. The van der Waals surface area contributed by atoms with E-state index in [2.05, 4.69) is 35.5 Å². The van der Waals surface area contributed by atoms with Gasteiger partial charge in [-0.2, -0.15) is 0 Å². The Morgan fingerprint density at radius 3 is 2.43 bits per heavy atom. The number of aromatic nitrogens is 2. The van der Waals surface area contributed by atoms with E-state index >= 15 is 0 Å². The summed E-state index contributed by atoms with van der Waals surface area (Å²) in [6.45, 7) is 1.08. The van der Waals surface area contributed by atoms with E-state index in [0.717, 1.165) is 35.4 Å². The number of aryl methyl sites for hydroxylation is 2. The van der Waals surface area contributed by atoms with Crippen LogP contribution in [-0.4, -0.2) is 22.7 Å². The zero-order valence-corrected chi connectivity index (χ0v) is 13.6. The number of rotatable bonds is 2. The maximum atomic E-state index is 12.0. The van der Waals surface area contributed by atoms with E-state index in [4.69, 9.17) is 0 Å². The van der Waals surface area contributed by atoms with Crippen molar-refractivity contribution in [2.24, 2.45) is 14.1 Å². The van der Waals surface area contributed by atoms with Crippen molar-refractivity contribution in [1.82, 2.24) is 9.13 Å². The summed E-state index contributed by atoms with van der Waals surface area (Å²) in [6, 6.07) is 12.5. The summed E-state index contributed by atoms with van der Waals surface area (Å²) in [5.41, 5.74) is 6.64. The first kappa shape index (κ1) is 13.9. The summed E-state index contributed by atoms with van der Waals surface area (Å²) in [6.07, 6.45) is 1.09. The maximum Gasteiger partial charge on any atom is 0.328 e. The molecule has 3 aromatic rings. The molecule has 5 heteroatoms. The molecule has 1 aliphatic rings. The quantitative estimate of drug-likeness (QED) is 0.791. The largest absolute Gasteiger partial charge is 0.374 e. The Bertz CT molecular complexity index is 967. The van der Waals surface area contributed by atoms with Crippen LogP contribution < -0.4 is 15.9 Å². The Morgan fingerprint density at radius 2 is 1.61 bits per heavy atom. The third kappa shape index (κ3) is 2.11. The number of hydrogen-bond acceptors (Lipinski definition) is 3. The Labute approximate surface area is 134 Å². The van der Waals surface area contributed by atoms with Crippen molar-refractivity contribution in [2.45, 2.75) is 6.42 Å². The van der Waals surface area contributed by atoms with Crippen LogP contribution >= 0.6 is 0 Å². The van der Waals surface area contributed by atoms with Crippen molar-refractivity contribution >= 4 is 28.1 Å². The first-order valence-electron chi connectivity index (χ1n) is 7.81. The van der Waals surface area contributed by atoms with Crippen LogP contribution in [0.25, 0.3) is 11.0 Å². The molecule has 0 saturated heterocycles. The first-order chi connectivity index (χ1) is 11.0. The molecule has 118 valence electrons. The number of nitrogens with zero attached hydrogens (tertiary/aromatic N) is 3. The van der Waals surface area contributed by atoms with Crippen molar-refractivity contribution in [3.8, 4) is 0 Å². The summed E-state index contributed by atoms with van der Waals surface area (Å²) in [5, 5.41) is 3.45. The zero-order chi connectivity index (χ0) is 16.1. The van der Waals surface area contributed by atoms with Crippen LogP contribution in [0.1, 0.15) is 5.56 Å². The number of anilines is 3. The Hall–Kier alpha value is -2.69. The lowest BCUT2D eigenvalue weighted by molar-refractivity contribution is 0.795. The van der Waals surface area contributed by atoms with E-state index in [1.165, 1.54) is 11.3 Å². The van der Waals surface area contributed by atoms with Gasteiger partial charge in [-0.15, -0.1) is 0 Å². The number of benzene rings is 2. The topological polar surface area (TPSA) is 42.2 Å². The minimum absolute atomic E-state index is 0.00211. The second kappa shape index (κ2) is 4.91. The van der Waals surface area contributed by atoms with E-state index in [0.29, 0.717) is 0 Å². The molecular formula is C18H20N4O. The molecule has 2 aromatic carbocycles. The van der Waals surface area contributed by atoms with E-state index in [-0.39, 0.29) is 5.69 Å². The Kier molecular flexibility index (Phi) is 2.98. The standard InChI is InChI=1S/C18H20N4O/c1-20-9-8-12-10-13(4-6-15(12)20)19-14-5-7-16-17(11-14)22(3)18(23)21(16)2/h4-7,10-11,19H,8-9H2,1-3H3. The lowest BCUT2D eigenvalue weighted by Gasteiger charge is -2.13. The maximum absolute atomic E-state index is 12.0. The zero-order valence-electron chi connectivity index (χ0n) is 13.6. The van der Waals surface area contributed by atoms with Crippen molar-refractivity contribution in [2.75, 3.05) is 23.8 Å². The third-order valence-corrected chi connectivity index (χ3v) is 4.77. The van der Waals surface area contributed by atoms with Gasteiger partial charge in [-0.25, -0.2) is 4.79 Å². The smallest absolute Gasteiger partial charge is 0.328 e. The van der Waals surface area contributed by atoms with Crippen molar-refractivity contribution in [3.05, 3.63) is 52.4 Å². The van der Waals surface area contributed by atoms with Gasteiger partial charge >= 0.3 is 5.69 Å². The molecule has 1 N–H and O–H groups in total. The van der Waals surface area contributed by atoms with Crippen LogP contribution in [0.15, 0.2) is 41.2 Å². The van der Waals surface area contributed by atoms with Crippen LogP contribution in [-0.2, 0) is 20.5 Å². The molecular weight excluding hydrogens is 288 g/mol. The van der Waals surface area contributed by atoms with E-state index in [9.17, 15) is 4.79 Å². The molecule has 4 rings (SSSR count). The lowest BCUT2D eigenvalue weighted by Crippen LogP contribution is -2.19. The summed E-state index contributed by atoms with van der Waals surface area (Å²) in [4.78, 5) is 14.3. The van der Waals surface area contributed by atoms with Gasteiger partial charge in [0.15, 0.2) is 0 Å². The highest BCUT2D eigenvalue weighted by Gasteiger charge is 2.15. The molecule has 0 saturated carbocycles. The fourth-order valence-electron chi connectivity index (χ4n) is 3.40. The predicted octanol–water partition coefficient (Wildman–Crippen LogP) is 2.61. The number of hydrogen-bond donors (Lipinski definition) is 1. The van der Waals surface area contributed by atoms with Gasteiger partial charge in [-0.1, -0.05) is 0 Å². The van der Waals surface area contributed by atoms with E-state index in [1.54, 1.807) is 23.2 Å². The van der Waals surface area contributed by atoms with Gasteiger partial charge in [0.05, 0.1) is 11.0 Å². The van der Waals surface area contributed by atoms with Gasteiger partial charge in [0.1, 0.15) is 0 Å². The summed E-state index contributed by atoms with van der Waals surface area (Å²) >= 11 is 0. The molecule has 0 aliphatic carbocycles. The highest BCUT2D eigenvalue weighted by atomic mass is 16.1. The van der Waals surface area contributed by atoms with E-state index in [1.807, 2.05) is 18.2 Å². The fourth-order valence-corrected chi connectivity index (χ4v) is 3.40. The molecule has 0 spiro atoms. The molecule has 1 aliphatic heterocycles. The van der Waals surface area contributed by atoms with Crippen LogP contribution in [0.4, 0.5) is 17.1 Å². The second-order valence-electron chi connectivity index (χ2n) is 6.24. The molecule has 2 heterocycles. The second-order valence-corrected chi connectivity index (χ2v) is 6.24. The highest BCUT2D eigenvalue weighted by Crippen LogP contribution is 2.30. The third-order valence-electron chi connectivity index (χ3n) is 4.77. The number of imidazole rings is 1. The molecule has 23 heavy (non-hydrogen) atoms. The van der Waals surface area contributed by atoms with Crippen LogP contribution in [0, 0.1) is 0 Å². The normalized spacial score (nSPS) is 13.6. The Morgan fingerprint density at radius 1 is 0.913 bits per heavy atom. The van der Waals surface area contributed by atoms with Crippen molar-refractivity contribution < 1.29 is 0 Å². The first-order valence-corrected chi connectivity index (χ1v) is 7.81. The summed E-state index contributed by atoms with van der Waals surface area (Å²) in [7, 11) is 5.73. The van der Waals surface area contributed by atoms with Gasteiger partial charge in [-0.05, 0) is 48.4 Å². The van der Waals surface area contributed by atoms with Crippen molar-refractivity contribution in [1.29, 1.82) is 0 Å².